The fraction of sp³-hybridized carbons (Fsp3) is 0.909. The van der Waals surface area contributed by atoms with Crippen LogP contribution < -0.4 is 70.2 Å². The van der Waals surface area contributed by atoms with Gasteiger partial charge >= 0.3 is 16.8 Å². The third-order valence-electron chi connectivity index (χ3n) is 2.11. The second kappa shape index (κ2) is 24.3. The SMILES string of the molecule is CC(C)[C@H](N)C(=O)[O-].NCCNCCNCCN.[Co+3].[O-][Cl+3]([O-])([O-])[O-].[O-][Cl+3]([O-])([O-])[O-]. The van der Waals surface area contributed by atoms with Crippen LogP contribution in [0.5, 0.6) is 0 Å². The van der Waals surface area contributed by atoms with E-state index in [2.05, 4.69) is 10.6 Å². The van der Waals surface area contributed by atoms with Crippen molar-refractivity contribution < 1.29 is 84.4 Å². The predicted molar refractivity (Wildman–Crippen MR) is 71.7 cm³/mol. The molecule has 29 heavy (non-hydrogen) atoms. The van der Waals surface area contributed by atoms with Crippen LogP contribution in [0.3, 0.4) is 0 Å². The Bertz CT molecular complexity index is 319. The van der Waals surface area contributed by atoms with Gasteiger partial charge in [0.15, 0.2) is 0 Å². The van der Waals surface area contributed by atoms with Gasteiger partial charge in [0.05, 0.1) is 5.97 Å². The monoisotopic (exact) mass is 519 g/mol. The molecule has 0 amide bonds. The molecule has 8 N–H and O–H groups in total. The summed E-state index contributed by atoms with van der Waals surface area (Å²) in [7, 11) is -9.89. The van der Waals surface area contributed by atoms with E-state index in [9.17, 15) is 9.90 Å². The van der Waals surface area contributed by atoms with E-state index in [1.807, 2.05) is 0 Å². The van der Waals surface area contributed by atoms with Gasteiger partial charge < -0.3 is 37.7 Å². The van der Waals surface area contributed by atoms with Gasteiger partial charge in [0.1, 0.15) is 0 Å². The van der Waals surface area contributed by atoms with E-state index in [4.69, 9.17) is 54.5 Å². The minimum absolute atomic E-state index is 0. The molecular formula is C11H28Cl2CoN5O10. The molecule has 0 aliphatic rings. The van der Waals surface area contributed by atoms with E-state index >= 15 is 0 Å². The van der Waals surface area contributed by atoms with E-state index in [1.54, 1.807) is 13.8 Å². The zero-order valence-corrected chi connectivity index (χ0v) is 18.4. The Kier molecular flexibility index (Phi) is 33.1. The average Bonchev–Trinajstić information content (AvgIpc) is 2.47. The van der Waals surface area contributed by atoms with Crippen molar-refractivity contribution in [1.82, 2.24) is 10.6 Å². The van der Waals surface area contributed by atoms with Crippen LogP contribution in [0.1, 0.15) is 13.8 Å². The molecule has 0 aromatic rings. The van der Waals surface area contributed by atoms with Gasteiger partial charge in [-0.05, 0) is 5.92 Å². The van der Waals surface area contributed by atoms with Crippen molar-refractivity contribution in [2.45, 2.75) is 19.9 Å². The van der Waals surface area contributed by atoms with E-state index in [0.29, 0.717) is 13.1 Å². The van der Waals surface area contributed by atoms with Crippen molar-refractivity contribution in [3.8, 4) is 0 Å². The van der Waals surface area contributed by atoms with Gasteiger partial charge in [-0.25, -0.2) is 37.3 Å². The summed E-state index contributed by atoms with van der Waals surface area (Å²) in [6, 6.07) is -0.824. The number of hydrogen-bond donors (Lipinski definition) is 5. The quantitative estimate of drug-likeness (QED) is 0.176. The summed E-state index contributed by atoms with van der Waals surface area (Å²) < 4.78 is 67.9. The second-order valence-electron chi connectivity index (χ2n) is 4.92. The Hall–Kier alpha value is 0.0365. The number of rotatable bonds is 9. The van der Waals surface area contributed by atoms with E-state index in [0.717, 1.165) is 26.2 Å². The molecule has 0 spiro atoms. The van der Waals surface area contributed by atoms with Gasteiger partial charge in [-0.1, -0.05) is 13.8 Å². The van der Waals surface area contributed by atoms with Crippen molar-refractivity contribution >= 4 is 5.97 Å². The minimum atomic E-state index is -4.94. The number of halogens is 2. The van der Waals surface area contributed by atoms with Gasteiger partial charge in [-0.2, -0.15) is 0 Å². The fourth-order valence-electron chi connectivity index (χ4n) is 0.903. The number of carbonyl (C=O) groups is 1. The molecule has 1 atom stereocenters. The summed E-state index contributed by atoms with van der Waals surface area (Å²) >= 11 is 0. The van der Waals surface area contributed by atoms with Crippen molar-refractivity contribution in [1.29, 1.82) is 0 Å². The molecule has 18 heteroatoms. The molecule has 0 aliphatic carbocycles. The fourth-order valence-corrected chi connectivity index (χ4v) is 0.903. The first-order chi connectivity index (χ1) is 12.5. The summed E-state index contributed by atoms with van der Waals surface area (Å²) in [5.41, 5.74) is 15.6. The Labute approximate surface area is 183 Å². The normalized spacial score (nSPS) is 11.5. The van der Waals surface area contributed by atoms with Crippen LogP contribution in [0.15, 0.2) is 0 Å². The Morgan fingerprint density at radius 2 is 1.03 bits per heavy atom. The standard InChI is InChI=1S/C6H18N4.C5H11NO2.2ClHO4.Co/c7-1-3-9-5-6-10-4-2-8;1-3(2)4(6)5(7)8;2*2-1(3,4)5;/h9-10H,1-8H2;3-4H,6H2,1-2H3,(H,7,8);2*(H,2,3,4,5);/q;;;;+3/p-3/t;4-;;;/m.0.../s1. The number of nitrogens with two attached hydrogens (primary N) is 3. The van der Waals surface area contributed by atoms with Crippen LogP contribution in [-0.2, 0) is 21.6 Å². The maximum atomic E-state index is 9.90. The van der Waals surface area contributed by atoms with E-state index in [1.165, 1.54) is 0 Å². The summed E-state index contributed by atoms with van der Waals surface area (Å²) in [6.45, 7) is 8.61. The molecule has 0 aliphatic heterocycles. The molecule has 0 fully saturated rings. The first-order valence-corrected chi connectivity index (χ1v) is 9.95. The maximum Gasteiger partial charge on any atom is 3.00 e. The molecular weight excluding hydrogens is 492 g/mol. The van der Waals surface area contributed by atoms with Crippen molar-refractivity contribution in [3.63, 3.8) is 0 Å². The molecule has 0 aromatic carbocycles. The zero-order valence-electron chi connectivity index (χ0n) is 15.8. The number of carbonyl (C=O) groups excluding carboxylic acids is 1. The van der Waals surface area contributed by atoms with Crippen LogP contribution >= 0.6 is 0 Å². The Morgan fingerprint density at radius 1 is 0.793 bits per heavy atom. The molecule has 0 bridgehead atoms. The summed E-state index contributed by atoms with van der Waals surface area (Å²) in [5.74, 6) is -1.22. The van der Waals surface area contributed by atoms with Gasteiger partial charge in [0, 0.05) is 45.3 Å². The van der Waals surface area contributed by atoms with Crippen molar-refractivity contribution in [2.75, 3.05) is 39.3 Å². The Morgan fingerprint density at radius 3 is 1.14 bits per heavy atom. The molecule has 0 aromatic heterocycles. The van der Waals surface area contributed by atoms with E-state index in [-0.39, 0.29) is 22.7 Å². The zero-order chi connectivity index (χ0) is 23.4. The first kappa shape index (κ1) is 39.5. The van der Waals surface area contributed by atoms with Crippen LogP contribution in [0, 0.1) is 26.4 Å². The summed E-state index contributed by atoms with van der Waals surface area (Å²) in [6.07, 6.45) is 0. The third kappa shape index (κ3) is 84.1. The summed E-state index contributed by atoms with van der Waals surface area (Å²) in [5, 5.41) is 16.2. The van der Waals surface area contributed by atoms with E-state index < -0.39 is 32.5 Å². The van der Waals surface area contributed by atoms with Crippen molar-refractivity contribution in [2.24, 2.45) is 23.1 Å². The van der Waals surface area contributed by atoms with Gasteiger partial charge in [0.25, 0.3) is 0 Å². The number of aliphatic carboxylic acids is 1. The number of nitrogens with one attached hydrogen (secondary N) is 2. The van der Waals surface area contributed by atoms with Gasteiger partial charge in [-0.3, -0.25) is 0 Å². The smallest absolute Gasteiger partial charge is 0.548 e. The van der Waals surface area contributed by atoms with Gasteiger partial charge in [0.2, 0.25) is 0 Å². The van der Waals surface area contributed by atoms with Crippen LogP contribution in [0.25, 0.3) is 0 Å². The van der Waals surface area contributed by atoms with Gasteiger partial charge in [-0.15, -0.1) is 20.5 Å². The third-order valence-corrected chi connectivity index (χ3v) is 2.11. The predicted octanol–water partition coefficient (Wildman–Crippen LogP) is -12.7. The maximum absolute atomic E-state index is 9.90. The van der Waals surface area contributed by atoms with Crippen LogP contribution in [-0.4, -0.2) is 51.3 Å². The molecule has 0 saturated carbocycles. The molecule has 0 heterocycles. The molecule has 0 rings (SSSR count). The topological polar surface area (TPSA) is 327 Å². The first-order valence-electron chi connectivity index (χ1n) is 7.48. The van der Waals surface area contributed by atoms with Crippen molar-refractivity contribution in [3.05, 3.63) is 0 Å². The number of hydrogen-bond acceptors (Lipinski definition) is 15. The molecule has 0 saturated heterocycles. The molecule has 0 unspecified atom stereocenters. The average molecular weight is 520 g/mol. The molecule has 180 valence electrons. The minimum Gasteiger partial charge on any atom is -0.548 e. The van der Waals surface area contributed by atoms with Crippen LogP contribution in [0.2, 0.25) is 0 Å². The molecule has 15 nitrogen and oxygen atoms in total. The Balaban J connectivity index is -0.0000000912. The molecule has 0 radical (unpaired) electrons. The second-order valence-corrected chi connectivity index (χ2v) is 6.43. The number of carboxylic acid groups (broad SMARTS) is 1. The van der Waals surface area contributed by atoms with Crippen LogP contribution in [0.4, 0.5) is 0 Å². The summed E-state index contributed by atoms with van der Waals surface area (Å²) in [4.78, 5) is 9.90. The number of carboxylic acids is 1. The largest absolute Gasteiger partial charge is 3.00 e.